The normalized spacial score (nSPS) is 20.3. The predicted octanol–water partition coefficient (Wildman–Crippen LogP) is 5.24. The molecule has 1 fully saturated rings. The molecule has 124 valence electrons. The van der Waals surface area contributed by atoms with Crippen LogP contribution < -0.4 is 10.1 Å². The quantitative estimate of drug-likeness (QED) is 0.714. The molecule has 1 unspecified atom stereocenters. The maximum absolute atomic E-state index is 12.1. The Morgan fingerprint density at radius 3 is 2.74 bits per heavy atom. The summed E-state index contributed by atoms with van der Waals surface area (Å²) in [6.45, 7) is 6.05. The minimum absolute atomic E-state index is 0.351. The molecule has 1 aliphatic heterocycles. The minimum atomic E-state index is -0.536. The van der Waals surface area contributed by atoms with E-state index in [-0.39, 0.29) is 0 Å². The van der Waals surface area contributed by atoms with Crippen LogP contribution in [0.25, 0.3) is 0 Å². The van der Waals surface area contributed by atoms with Gasteiger partial charge in [0.15, 0.2) is 0 Å². The third-order valence-electron chi connectivity index (χ3n) is 3.87. The van der Waals surface area contributed by atoms with Gasteiger partial charge < -0.3 is 9.47 Å². The minimum Gasteiger partial charge on any atom is -0.487 e. The summed E-state index contributed by atoms with van der Waals surface area (Å²) < 4.78 is 12.2. The summed E-state index contributed by atoms with van der Waals surface area (Å²) in [7, 11) is 0. The van der Waals surface area contributed by atoms with Crippen LogP contribution in [0.2, 0.25) is 0 Å². The second-order valence-electron chi connectivity index (χ2n) is 7.10. The second kappa shape index (κ2) is 6.19. The molecule has 1 heterocycles. The van der Waals surface area contributed by atoms with E-state index in [9.17, 15) is 4.79 Å². The van der Waals surface area contributed by atoms with Gasteiger partial charge in [0.05, 0.1) is 5.69 Å². The van der Waals surface area contributed by atoms with Gasteiger partial charge in [0.25, 0.3) is 0 Å². The Bertz CT molecular complexity index is 644. The summed E-state index contributed by atoms with van der Waals surface area (Å²) in [5.41, 5.74) is 1.24. The molecule has 0 bridgehead atoms. The lowest BCUT2D eigenvalue weighted by molar-refractivity contribution is 0.0635. The number of anilines is 1. The van der Waals surface area contributed by atoms with Crippen molar-refractivity contribution in [3.63, 3.8) is 0 Å². The Morgan fingerprint density at radius 1 is 1.35 bits per heavy atom. The Balaban J connectivity index is 1.91. The van der Waals surface area contributed by atoms with Crippen molar-refractivity contribution in [1.29, 1.82) is 0 Å². The van der Waals surface area contributed by atoms with E-state index in [2.05, 4.69) is 39.5 Å². The molecule has 2 aliphatic rings. The molecule has 23 heavy (non-hydrogen) atoms. The highest BCUT2D eigenvalue weighted by molar-refractivity contribution is 9.10. The van der Waals surface area contributed by atoms with Crippen molar-refractivity contribution >= 4 is 27.7 Å². The van der Waals surface area contributed by atoms with Gasteiger partial charge in [-0.25, -0.2) is 4.79 Å². The number of allylic oxidation sites excluding steroid dienone is 1. The Morgan fingerprint density at radius 2 is 2.09 bits per heavy atom. The first kappa shape index (κ1) is 16.4. The van der Waals surface area contributed by atoms with E-state index in [4.69, 9.17) is 9.47 Å². The summed E-state index contributed by atoms with van der Waals surface area (Å²) in [6.07, 6.45) is 6.31. The number of hydrogen-bond acceptors (Lipinski definition) is 3. The van der Waals surface area contributed by atoms with Gasteiger partial charge in [-0.1, -0.05) is 28.1 Å². The number of rotatable bonds is 2. The van der Waals surface area contributed by atoms with Gasteiger partial charge in [-0.3, -0.25) is 5.32 Å². The summed E-state index contributed by atoms with van der Waals surface area (Å²) in [6, 6.07) is 3.95. The molecular formula is C18H22BrNO3. The molecular weight excluding hydrogens is 358 g/mol. The van der Waals surface area contributed by atoms with Crippen molar-refractivity contribution < 1.29 is 14.3 Å². The molecule has 0 radical (unpaired) electrons. The molecule has 1 aromatic carbocycles. The number of ether oxygens (including phenoxy) is 2. The molecule has 3 rings (SSSR count). The molecule has 0 spiro atoms. The van der Waals surface area contributed by atoms with E-state index in [1.165, 1.54) is 12.8 Å². The molecule has 1 aliphatic carbocycles. The van der Waals surface area contributed by atoms with Gasteiger partial charge in [0.1, 0.15) is 18.0 Å². The summed E-state index contributed by atoms with van der Waals surface area (Å²) in [5.74, 6) is 1.78. The predicted molar refractivity (Wildman–Crippen MR) is 94.1 cm³/mol. The summed E-state index contributed by atoms with van der Waals surface area (Å²) >= 11 is 3.54. The number of halogens is 1. The van der Waals surface area contributed by atoms with Crippen LogP contribution in [0.3, 0.4) is 0 Å². The average Bonchev–Trinajstić information content (AvgIpc) is 3.21. The zero-order valence-electron chi connectivity index (χ0n) is 13.7. The molecule has 1 atom stereocenters. The molecule has 5 heteroatoms. The standard InChI is InChI=1S/C18H22BrNO3/c1-18(2,3)23-17(21)20-15-10-12(19)9-14-13(11-6-7-11)5-4-8-22-16(14)15/h4-5,9-11,13H,6-8H2,1-3H3,(H,20,21). The highest BCUT2D eigenvalue weighted by Crippen LogP contribution is 2.49. The molecule has 0 saturated heterocycles. The highest BCUT2D eigenvalue weighted by atomic mass is 79.9. The van der Waals surface area contributed by atoms with E-state index >= 15 is 0 Å². The summed E-state index contributed by atoms with van der Waals surface area (Å²) in [5, 5.41) is 2.83. The Kier molecular flexibility index (Phi) is 4.41. The first-order chi connectivity index (χ1) is 10.8. The smallest absolute Gasteiger partial charge is 0.412 e. The second-order valence-corrected chi connectivity index (χ2v) is 8.02. The fourth-order valence-electron chi connectivity index (χ4n) is 2.83. The van der Waals surface area contributed by atoms with Gasteiger partial charge in [0, 0.05) is 16.0 Å². The number of benzene rings is 1. The lowest BCUT2D eigenvalue weighted by atomic mass is 9.93. The van der Waals surface area contributed by atoms with Crippen molar-refractivity contribution in [1.82, 2.24) is 0 Å². The maximum Gasteiger partial charge on any atom is 0.412 e. The number of nitrogens with one attached hydrogen (secondary N) is 1. The van der Waals surface area contributed by atoms with E-state index in [0.29, 0.717) is 24.1 Å². The van der Waals surface area contributed by atoms with Crippen LogP contribution in [0.4, 0.5) is 10.5 Å². The zero-order chi connectivity index (χ0) is 16.6. The lowest BCUT2D eigenvalue weighted by Crippen LogP contribution is -2.27. The van der Waals surface area contributed by atoms with Crippen molar-refractivity contribution in [3.05, 3.63) is 34.3 Å². The Hall–Kier alpha value is -1.49. The van der Waals surface area contributed by atoms with E-state index in [1.54, 1.807) is 0 Å². The first-order valence-electron chi connectivity index (χ1n) is 7.96. The van der Waals surface area contributed by atoms with Gasteiger partial charge >= 0.3 is 6.09 Å². The fraction of sp³-hybridized carbons (Fsp3) is 0.500. The van der Waals surface area contributed by atoms with Crippen molar-refractivity contribution in [3.8, 4) is 5.75 Å². The van der Waals surface area contributed by atoms with E-state index in [0.717, 1.165) is 15.8 Å². The number of carbonyl (C=O) groups excluding carboxylic acids is 1. The zero-order valence-corrected chi connectivity index (χ0v) is 15.3. The maximum atomic E-state index is 12.1. The van der Waals surface area contributed by atoms with Gasteiger partial charge in [-0.2, -0.15) is 0 Å². The molecule has 1 saturated carbocycles. The van der Waals surface area contributed by atoms with Crippen LogP contribution in [0.15, 0.2) is 28.8 Å². The molecule has 4 nitrogen and oxygen atoms in total. The van der Waals surface area contributed by atoms with Gasteiger partial charge in [-0.05, 0) is 51.7 Å². The van der Waals surface area contributed by atoms with Crippen LogP contribution in [0.1, 0.15) is 45.1 Å². The molecule has 0 aromatic heterocycles. The van der Waals surface area contributed by atoms with Crippen LogP contribution in [-0.4, -0.2) is 18.3 Å². The van der Waals surface area contributed by atoms with Gasteiger partial charge in [-0.15, -0.1) is 0 Å². The molecule has 1 amide bonds. The summed E-state index contributed by atoms with van der Waals surface area (Å²) in [4.78, 5) is 12.1. The number of hydrogen-bond donors (Lipinski definition) is 1. The van der Waals surface area contributed by atoms with Crippen LogP contribution >= 0.6 is 15.9 Å². The van der Waals surface area contributed by atoms with Crippen molar-refractivity contribution in [2.75, 3.05) is 11.9 Å². The highest BCUT2D eigenvalue weighted by Gasteiger charge is 2.34. The first-order valence-corrected chi connectivity index (χ1v) is 8.76. The van der Waals surface area contributed by atoms with Crippen LogP contribution in [0.5, 0.6) is 5.75 Å². The van der Waals surface area contributed by atoms with Gasteiger partial charge in [0.2, 0.25) is 0 Å². The van der Waals surface area contributed by atoms with Crippen molar-refractivity contribution in [2.45, 2.75) is 45.1 Å². The number of amides is 1. The monoisotopic (exact) mass is 379 g/mol. The van der Waals surface area contributed by atoms with E-state index in [1.807, 2.05) is 26.8 Å². The number of carbonyl (C=O) groups is 1. The fourth-order valence-corrected chi connectivity index (χ4v) is 3.31. The van der Waals surface area contributed by atoms with Crippen molar-refractivity contribution in [2.24, 2.45) is 5.92 Å². The number of fused-ring (bicyclic) bond motifs is 1. The Labute approximate surface area is 145 Å². The van der Waals surface area contributed by atoms with E-state index < -0.39 is 11.7 Å². The lowest BCUT2D eigenvalue weighted by Gasteiger charge is -2.22. The van der Waals surface area contributed by atoms with Crippen LogP contribution in [0, 0.1) is 5.92 Å². The largest absolute Gasteiger partial charge is 0.487 e. The molecule has 1 aromatic rings. The SMILES string of the molecule is CC(C)(C)OC(=O)Nc1cc(Br)cc2c1OCC=CC2C1CC1. The topological polar surface area (TPSA) is 47.6 Å². The average molecular weight is 380 g/mol. The molecule has 1 N–H and O–H groups in total. The van der Waals surface area contributed by atoms with Crippen LogP contribution in [-0.2, 0) is 4.74 Å². The third-order valence-corrected chi connectivity index (χ3v) is 4.33. The third kappa shape index (κ3) is 4.08.